The molecular weight excluding hydrogens is 412 g/mol. The molecule has 6 heteroatoms. The zero-order valence-electron chi connectivity index (χ0n) is 20.3. The van der Waals surface area contributed by atoms with Gasteiger partial charge in [-0.15, -0.1) is 0 Å². The van der Waals surface area contributed by atoms with Gasteiger partial charge in [0.05, 0.1) is 12.2 Å². The summed E-state index contributed by atoms with van der Waals surface area (Å²) in [6, 6.07) is 17.6. The molecule has 1 aliphatic heterocycles. The number of carbonyl (C=O) groups excluding carboxylic acids is 2. The van der Waals surface area contributed by atoms with Crippen LogP contribution in [0.3, 0.4) is 0 Å². The van der Waals surface area contributed by atoms with Crippen LogP contribution in [0, 0.1) is 13.8 Å². The van der Waals surface area contributed by atoms with Gasteiger partial charge in [-0.05, 0) is 49.6 Å². The van der Waals surface area contributed by atoms with Crippen LogP contribution in [0.15, 0.2) is 54.6 Å². The Morgan fingerprint density at radius 3 is 2.45 bits per heavy atom. The Balaban J connectivity index is 1.79. The average molecular weight is 445 g/mol. The molecule has 0 unspecified atom stereocenters. The van der Waals surface area contributed by atoms with Crippen molar-refractivity contribution in [1.82, 2.24) is 15.1 Å². The molecular formula is C27H32N4O2. The van der Waals surface area contributed by atoms with E-state index in [2.05, 4.69) is 26.1 Å². The van der Waals surface area contributed by atoms with Gasteiger partial charge in [0.2, 0.25) is 5.91 Å². The van der Waals surface area contributed by atoms with Gasteiger partial charge in [0, 0.05) is 17.6 Å². The van der Waals surface area contributed by atoms with Gasteiger partial charge in [-0.1, -0.05) is 63.2 Å². The number of hydrogen-bond acceptors (Lipinski definition) is 3. The van der Waals surface area contributed by atoms with Crippen molar-refractivity contribution < 1.29 is 9.59 Å². The molecule has 0 saturated heterocycles. The summed E-state index contributed by atoms with van der Waals surface area (Å²) in [4.78, 5) is 29.3. The molecule has 0 radical (unpaired) electrons. The smallest absolute Gasteiger partial charge is 0.277 e. The minimum absolute atomic E-state index is 0.208. The normalized spacial score (nSPS) is 18.2. The quantitative estimate of drug-likeness (QED) is 0.643. The van der Waals surface area contributed by atoms with E-state index < -0.39 is 5.54 Å². The van der Waals surface area contributed by atoms with E-state index in [0.29, 0.717) is 12.2 Å². The Labute approximate surface area is 195 Å². The predicted octanol–water partition coefficient (Wildman–Crippen LogP) is 4.53. The van der Waals surface area contributed by atoms with Crippen LogP contribution in [-0.4, -0.2) is 27.1 Å². The number of carbonyl (C=O) groups is 2. The molecule has 0 spiro atoms. The van der Waals surface area contributed by atoms with Crippen LogP contribution >= 0.6 is 0 Å². The lowest BCUT2D eigenvalue weighted by atomic mass is 9.91. The van der Waals surface area contributed by atoms with Crippen molar-refractivity contribution in [1.29, 1.82) is 0 Å². The number of nitrogens with one attached hydrogen (secondary N) is 1. The van der Waals surface area contributed by atoms with Crippen molar-refractivity contribution in [3.63, 3.8) is 0 Å². The number of rotatable bonds is 4. The maximum absolute atomic E-state index is 13.9. The number of benzene rings is 2. The number of aryl methyl sites for hydroxylation is 2. The van der Waals surface area contributed by atoms with Gasteiger partial charge in [-0.2, -0.15) is 5.10 Å². The van der Waals surface area contributed by atoms with E-state index in [1.54, 1.807) is 9.58 Å². The molecule has 0 saturated carbocycles. The molecule has 2 amide bonds. The molecule has 0 fully saturated rings. The van der Waals surface area contributed by atoms with E-state index in [4.69, 9.17) is 5.10 Å². The highest BCUT2D eigenvalue weighted by atomic mass is 16.2. The summed E-state index contributed by atoms with van der Waals surface area (Å²) in [5, 5.41) is 7.78. The number of nitrogens with zero attached hydrogens (tertiary/aromatic N) is 3. The van der Waals surface area contributed by atoms with Crippen LogP contribution in [0.5, 0.6) is 0 Å². The summed E-state index contributed by atoms with van der Waals surface area (Å²) in [7, 11) is 0. The predicted molar refractivity (Wildman–Crippen MR) is 130 cm³/mol. The highest BCUT2D eigenvalue weighted by Crippen LogP contribution is 2.36. The first-order chi connectivity index (χ1) is 15.5. The summed E-state index contributed by atoms with van der Waals surface area (Å²) < 4.78 is 1.70. The fourth-order valence-electron chi connectivity index (χ4n) is 4.25. The number of anilines is 1. The molecule has 2 aromatic carbocycles. The highest BCUT2D eigenvalue weighted by molar-refractivity contribution is 6.12. The fraction of sp³-hybridized carbons (Fsp3) is 0.370. The van der Waals surface area contributed by atoms with Crippen LogP contribution in [-0.2, 0) is 23.3 Å². The minimum atomic E-state index is -1.14. The largest absolute Gasteiger partial charge is 0.350 e. The maximum Gasteiger partial charge on any atom is 0.277 e. The number of fused-ring (bicyclic) bond motifs is 1. The zero-order valence-corrected chi connectivity index (χ0v) is 20.3. The van der Waals surface area contributed by atoms with Crippen molar-refractivity contribution in [2.45, 2.75) is 65.6 Å². The molecule has 0 aliphatic carbocycles. The van der Waals surface area contributed by atoms with Gasteiger partial charge in [0.1, 0.15) is 11.2 Å². The molecule has 6 nitrogen and oxygen atoms in total. The lowest BCUT2D eigenvalue weighted by Crippen LogP contribution is -2.64. The van der Waals surface area contributed by atoms with E-state index in [9.17, 15) is 9.59 Å². The summed E-state index contributed by atoms with van der Waals surface area (Å²) in [6.45, 7) is 12.7. The summed E-state index contributed by atoms with van der Waals surface area (Å²) in [5.41, 5.74) is 3.73. The molecule has 1 N–H and O–H groups in total. The van der Waals surface area contributed by atoms with Gasteiger partial charge in [-0.3, -0.25) is 19.2 Å². The number of amides is 2. The minimum Gasteiger partial charge on any atom is -0.350 e. The van der Waals surface area contributed by atoms with Crippen LogP contribution in [0.2, 0.25) is 0 Å². The molecule has 3 aromatic rings. The second-order valence-corrected chi connectivity index (χ2v) is 10.2. The number of hydrogen-bond donors (Lipinski definition) is 1. The Kier molecular flexibility index (Phi) is 5.64. The molecule has 4 rings (SSSR count). The summed E-state index contributed by atoms with van der Waals surface area (Å²) >= 11 is 0. The molecule has 1 atom stereocenters. The average Bonchev–Trinajstić information content (AvgIpc) is 3.20. The van der Waals surface area contributed by atoms with E-state index >= 15 is 0 Å². The first kappa shape index (κ1) is 22.8. The van der Waals surface area contributed by atoms with E-state index in [-0.39, 0.29) is 23.8 Å². The van der Waals surface area contributed by atoms with Gasteiger partial charge in [-0.25, -0.2) is 0 Å². The Morgan fingerprint density at radius 1 is 1.09 bits per heavy atom. The lowest BCUT2D eigenvalue weighted by Gasteiger charge is -2.43. The monoisotopic (exact) mass is 444 g/mol. The van der Waals surface area contributed by atoms with Crippen LogP contribution in [0.25, 0.3) is 0 Å². The third kappa shape index (κ3) is 4.17. The van der Waals surface area contributed by atoms with E-state index in [1.807, 2.05) is 75.4 Å². The van der Waals surface area contributed by atoms with Crippen molar-refractivity contribution in [2.24, 2.45) is 0 Å². The Hall–Kier alpha value is -3.41. The highest BCUT2D eigenvalue weighted by Gasteiger charge is 2.49. The van der Waals surface area contributed by atoms with Gasteiger partial charge < -0.3 is 5.32 Å². The van der Waals surface area contributed by atoms with Crippen molar-refractivity contribution >= 4 is 17.5 Å². The van der Waals surface area contributed by atoms with Gasteiger partial charge in [0.25, 0.3) is 5.91 Å². The zero-order chi connectivity index (χ0) is 24.0. The first-order valence-electron chi connectivity index (χ1n) is 11.3. The van der Waals surface area contributed by atoms with Crippen LogP contribution < -0.4 is 10.2 Å². The van der Waals surface area contributed by atoms with Gasteiger partial charge in [0.15, 0.2) is 0 Å². The molecule has 33 heavy (non-hydrogen) atoms. The van der Waals surface area contributed by atoms with Gasteiger partial charge >= 0.3 is 0 Å². The summed E-state index contributed by atoms with van der Waals surface area (Å²) in [6.07, 6.45) is 0. The van der Waals surface area contributed by atoms with E-state index in [1.165, 1.54) is 0 Å². The molecule has 1 aromatic heterocycles. The third-order valence-corrected chi connectivity index (χ3v) is 6.31. The molecule has 2 heterocycles. The fourth-order valence-corrected chi connectivity index (χ4v) is 4.25. The maximum atomic E-state index is 13.9. The molecule has 1 aliphatic rings. The van der Waals surface area contributed by atoms with Crippen LogP contribution in [0.1, 0.15) is 60.6 Å². The van der Waals surface area contributed by atoms with Crippen molar-refractivity contribution in [2.75, 3.05) is 4.90 Å². The van der Waals surface area contributed by atoms with E-state index in [0.717, 1.165) is 28.1 Å². The summed E-state index contributed by atoms with van der Waals surface area (Å²) in [5.74, 6) is -0.422. The Morgan fingerprint density at radius 2 is 1.79 bits per heavy atom. The van der Waals surface area contributed by atoms with Crippen molar-refractivity contribution in [3.8, 4) is 0 Å². The standard InChI is InChI=1S/C27H32N4O2/c1-18-12-13-19(2)21(14-18)31-24(32)22-15-23(26(3,4)5)29-30(22)17-27(31,6)25(33)28-16-20-10-8-7-9-11-20/h7-15H,16-17H2,1-6H3,(H,28,33)/t27-/m0/s1. The number of aromatic nitrogens is 2. The van der Waals surface area contributed by atoms with Crippen LogP contribution in [0.4, 0.5) is 5.69 Å². The Bertz CT molecular complexity index is 1210. The topological polar surface area (TPSA) is 67.2 Å². The second kappa shape index (κ2) is 8.18. The molecule has 172 valence electrons. The second-order valence-electron chi connectivity index (χ2n) is 10.2. The third-order valence-electron chi connectivity index (χ3n) is 6.31. The first-order valence-corrected chi connectivity index (χ1v) is 11.3. The SMILES string of the molecule is Cc1ccc(C)c(N2C(=O)c3cc(C(C)(C)C)nn3C[C@@]2(C)C(=O)NCc2ccccc2)c1. The molecule has 0 bridgehead atoms. The lowest BCUT2D eigenvalue weighted by molar-refractivity contribution is -0.126. The van der Waals surface area contributed by atoms with Crippen molar-refractivity contribution in [3.05, 3.63) is 82.7 Å².